The zero-order valence-corrected chi connectivity index (χ0v) is 8.40. The van der Waals surface area contributed by atoms with Crippen LogP contribution < -0.4 is 0 Å². The molecule has 0 aromatic rings. The number of hydrogen-bond donors (Lipinski definition) is 1. The Bertz CT molecular complexity index is 251. The minimum Gasteiger partial charge on any atom is -0.295 e. The largest absolute Gasteiger partial charge is 0.295 e. The molecule has 0 bridgehead atoms. The molecule has 0 aromatic heterocycles. The van der Waals surface area contributed by atoms with Crippen molar-refractivity contribution in [2.45, 2.75) is 26.7 Å². The van der Waals surface area contributed by atoms with Gasteiger partial charge in [0.25, 0.3) is 0 Å². The molecule has 0 aromatic carbocycles. The highest BCUT2D eigenvalue weighted by Crippen LogP contribution is 2.25. The van der Waals surface area contributed by atoms with E-state index >= 15 is 0 Å². The second-order valence-corrected chi connectivity index (χ2v) is 3.99. The van der Waals surface area contributed by atoms with Gasteiger partial charge in [-0.1, -0.05) is 19.1 Å². The maximum absolute atomic E-state index is 11.1. The van der Waals surface area contributed by atoms with Crippen LogP contribution in [0.1, 0.15) is 26.7 Å². The predicted octanol–water partition coefficient (Wildman–Crippen LogP) is 2.75. The lowest BCUT2D eigenvalue weighted by molar-refractivity contribution is -0.113. The van der Waals surface area contributed by atoms with Gasteiger partial charge in [-0.2, -0.15) is 0 Å². The summed E-state index contributed by atoms with van der Waals surface area (Å²) in [7, 11) is 0. The molecular formula is C10H14OS. The predicted molar refractivity (Wildman–Crippen MR) is 54.2 cm³/mol. The van der Waals surface area contributed by atoms with Crippen LogP contribution in [0.15, 0.2) is 22.6 Å². The molecule has 0 unspecified atom stereocenters. The van der Waals surface area contributed by atoms with Gasteiger partial charge in [-0.05, 0) is 36.2 Å². The van der Waals surface area contributed by atoms with Crippen LogP contribution in [0.2, 0.25) is 0 Å². The van der Waals surface area contributed by atoms with E-state index in [4.69, 9.17) is 0 Å². The van der Waals surface area contributed by atoms with Crippen molar-refractivity contribution in [1.82, 2.24) is 0 Å². The van der Waals surface area contributed by atoms with Gasteiger partial charge in [0.05, 0.1) is 0 Å². The van der Waals surface area contributed by atoms with Crippen LogP contribution in [-0.2, 0) is 4.79 Å². The second kappa shape index (κ2) is 3.94. The highest BCUT2D eigenvalue weighted by Gasteiger charge is 2.12. The van der Waals surface area contributed by atoms with E-state index < -0.39 is 0 Å². The third kappa shape index (κ3) is 2.52. The first kappa shape index (κ1) is 9.59. The van der Waals surface area contributed by atoms with Crippen LogP contribution >= 0.6 is 12.6 Å². The number of allylic oxidation sites excluding steroid dienone is 4. The van der Waals surface area contributed by atoms with Gasteiger partial charge in [0, 0.05) is 0 Å². The molecule has 0 saturated carbocycles. The van der Waals surface area contributed by atoms with Crippen molar-refractivity contribution in [3.63, 3.8) is 0 Å². The van der Waals surface area contributed by atoms with Crippen LogP contribution in [0, 0.1) is 5.92 Å². The van der Waals surface area contributed by atoms with E-state index in [1.54, 1.807) is 6.92 Å². The Morgan fingerprint density at radius 1 is 1.50 bits per heavy atom. The zero-order chi connectivity index (χ0) is 9.14. The average Bonchev–Trinajstić information content (AvgIpc) is 2.11. The van der Waals surface area contributed by atoms with Gasteiger partial charge < -0.3 is 0 Å². The highest BCUT2D eigenvalue weighted by atomic mass is 32.1. The molecule has 0 N–H and O–H groups in total. The maximum atomic E-state index is 11.1. The van der Waals surface area contributed by atoms with Crippen LogP contribution in [0.25, 0.3) is 0 Å². The summed E-state index contributed by atoms with van der Waals surface area (Å²) in [6.45, 7) is 3.77. The average molecular weight is 182 g/mol. The standard InChI is InChI=1S/C10H14OS/c1-7-5-9(8(2)11)3-4-10(12)6-7/h3-4,7,12H,5-6H2,1-2H3/t7-/m1/s1. The molecule has 0 heterocycles. The van der Waals surface area contributed by atoms with Crippen molar-refractivity contribution < 1.29 is 4.79 Å². The SMILES string of the molecule is CC(=O)C1=CC=C(S)C[C@H](C)C1. The second-order valence-electron chi connectivity index (χ2n) is 3.42. The van der Waals surface area contributed by atoms with Gasteiger partial charge in [-0.15, -0.1) is 12.6 Å². The molecule has 1 atom stereocenters. The van der Waals surface area contributed by atoms with E-state index in [1.807, 2.05) is 12.2 Å². The molecule has 0 amide bonds. The number of hydrogen-bond acceptors (Lipinski definition) is 2. The number of rotatable bonds is 1. The number of Topliss-reactive ketones (excluding diaryl/α,β-unsaturated/α-hetero) is 1. The van der Waals surface area contributed by atoms with Crippen molar-refractivity contribution in [1.29, 1.82) is 0 Å². The van der Waals surface area contributed by atoms with E-state index in [0.717, 1.165) is 23.3 Å². The molecule has 0 spiro atoms. The molecule has 0 saturated heterocycles. The van der Waals surface area contributed by atoms with E-state index in [-0.39, 0.29) is 5.78 Å². The Balaban J connectivity index is 2.82. The maximum Gasteiger partial charge on any atom is 0.155 e. The first-order valence-corrected chi connectivity index (χ1v) is 4.64. The molecule has 0 fully saturated rings. The Morgan fingerprint density at radius 2 is 2.17 bits per heavy atom. The molecule has 2 heteroatoms. The fourth-order valence-corrected chi connectivity index (χ4v) is 1.78. The fraction of sp³-hybridized carbons (Fsp3) is 0.500. The van der Waals surface area contributed by atoms with E-state index in [9.17, 15) is 4.79 Å². The number of carbonyl (C=O) groups excluding carboxylic acids is 1. The molecule has 1 rings (SSSR count). The lowest BCUT2D eigenvalue weighted by Gasteiger charge is -2.08. The third-order valence-corrected chi connectivity index (χ3v) is 2.39. The van der Waals surface area contributed by atoms with Gasteiger partial charge in [0.2, 0.25) is 0 Å². The molecule has 66 valence electrons. The number of ketones is 1. The molecular weight excluding hydrogens is 168 g/mol. The topological polar surface area (TPSA) is 17.1 Å². The number of carbonyl (C=O) groups is 1. The summed E-state index contributed by atoms with van der Waals surface area (Å²) in [4.78, 5) is 12.1. The zero-order valence-electron chi connectivity index (χ0n) is 7.50. The lowest BCUT2D eigenvalue weighted by atomic mass is 9.98. The number of thiol groups is 1. The van der Waals surface area contributed by atoms with Gasteiger partial charge in [0.1, 0.15) is 0 Å². The molecule has 0 radical (unpaired) electrons. The lowest BCUT2D eigenvalue weighted by Crippen LogP contribution is -2.01. The van der Waals surface area contributed by atoms with E-state index in [0.29, 0.717) is 5.92 Å². The van der Waals surface area contributed by atoms with Crippen molar-refractivity contribution in [3.05, 3.63) is 22.6 Å². The van der Waals surface area contributed by atoms with Gasteiger partial charge in [-0.25, -0.2) is 0 Å². The fourth-order valence-electron chi connectivity index (χ4n) is 1.40. The minimum atomic E-state index is 0.182. The Labute approximate surface area is 79.0 Å². The third-order valence-electron chi connectivity index (χ3n) is 2.06. The Hall–Kier alpha value is -0.500. The monoisotopic (exact) mass is 182 g/mol. The minimum absolute atomic E-state index is 0.182. The first-order valence-electron chi connectivity index (χ1n) is 4.19. The summed E-state index contributed by atoms with van der Waals surface area (Å²) in [5, 5.41) is 0. The summed E-state index contributed by atoms with van der Waals surface area (Å²) in [5.74, 6) is 0.715. The van der Waals surface area contributed by atoms with Crippen LogP contribution in [-0.4, -0.2) is 5.78 Å². The quantitative estimate of drug-likeness (QED) is 0.617. The van der Waals surface area contributed by atoms with E-state index in [2.05, 4.69) is 19.6 Å². The van der Waals surface area contributed by atoms with Crippen molar-refractivity contribution in [2.24, 2.45) is 5.92 Å². The molecule has 12 heavy (non-hydrogen) atoms. The van der Waals surface area contributed by atoms with Crippen LogP contribution in [0.4, 0.5) is 0 Å². The van der Waals surface area contributed by atoms with Gasteiger partial charge in [-0.3, -0.25) is 4.79 Å². The molecule has 1 nitrogen and oxygen atoms in total. The van der Waals surface area contributed by atoms with Crippen molar-refractivity contribution in [3.8, 4) is 0 Å². The molecule has 1 aliphatic carbocycles. The van der Waals surface area contributed by atoms with E-state index in [1.165, 1.54) is 0 Å². The first-order chi connectivity index (χ1) is 5.59. The molecule has 0 aliphatic heterocycles. The van der Waals surface area contributed by atoms with Crippen LogP contribution in [0.5, 0.6) is 0 Å². The highest BCUT2D eigenvalue weighted by molar-refractivity contribution is 7.84. The summed E-state index contributed by atoms with van der Waals surface area (Å²) < 4.78 is 0. The summed E-state index contributed by atoms with van der Waals surface area (Å²) in [5.41, 5.74) is 0.923. The van der Waals surface area contributed by atoms with Gasteiger partial charge >= 0.3 is 0 Å². The normalized spacial score (nSPS) is 24.1. The summed E-state index contributed by atoms with van der Waals surface area (Å²) in [6.07, 6.45) is 5.70. The Morgan fingerprint density at radius 3 is 2.75 bits per heavy atom. The summed E-state index contributed by atoms with van der Waals surface area (Å²) >= 11 is 4.30. The Kier molecular flexibility index (Phi) is 3.15. The van der Waals surface area contributed by atoms with Gasteiger partial charge in [0.15, 0.2) is 5.78 Å². The van der Waals surface area contributed by atoms with Crippen molar-refractivity contribution in [2.75, 3.05) is 0 Å². The van der Waals surface area contributed by atoms with Crippen molar-refractivity contribution >= 4 is 18.4 Å². The molecule has 1 aliphatic rings. The summed E-state index contributed by atoms with van der Waals surface area (Å²) in [6, 6.07) is 0. The smallest absolute Gasteiger partial charge is 0.155 e. The van der Waals surface area contributed by atoms with Crippen LogP contribution in [0.3, 0.4) is 0 Å².